The van der Waals surface area contributed by atoms with E-state index in [1.54, 1.807) is 7.05 Å². The van der Waals surface area contributed by atoms with Crippen LogP contribution in [0.15, 0.2) is 41.5 Å². The third-order valence-corrected chi connectivity index (χ3v) is 4.19. The Balaban J connectivity index is 1.57. The predicted molar refractivity (Wildman–Crippen MR) is 95.8 cm³/mol. The highest BCUT2D eigenvalue weighted by atomic mass is 16.5. The highest BCUT2D eigenvalue weighted by Gasteiger charge is 2.17. The van der Waals surface area contributed by atoms with Gasteiger partial charge in [-0.1, -0.05) is 30.3 Å². The zero-order valence-corrected chi connectivity index (χ0v) is 14.3. The van der Waals surface area contributed by atoms with Crippen LogP contribution in [0.2, 0.25) is 0 Å². The van der Waals surface area contributed by atoms with Crippen LogP contribution >= 0.6 is 0 Å². The number of aromatic amines is 1. The molecule has 1 aliphatic rings. The molecule has 0 spiro atoms. The van der Waals surface area contributed by atoms with E-state index in [-0.39, 0.29) is 0 Å². The molecule has 1 aromatic heterocycles. The molecule has 2 heterocycles. The van der Waals surface area contributed by atoms with Crippen LogP contribution in [-0.2, 0) is 11.3 Å². The Morgan fingerprint density at radius 1 is 1.42 bits per heavy atom. The van der Waals surface area contributed by atoms with Crippen molar-refractivity contribution in [1.82, 2.24) is 20.2 Å². The average Bonchev–Trinajstić information content (AvgIpc) is 3.28. The third kappa shape index (κ3) is 4.14. The molecular weight excluding hydrogens is 302 g/mol. The molecule has 128 valence electrons. The molecule has 3 rings (SSSR count). The van der Waals surface area contributed by atoms with Crippen molar-refractivity contribution in [3.05, 3.63) is 42.4 Å². The van der Waals surface area contributed by atoms with Gasteiger partial charge in [-0.3, -0.25) is 4.99 Å². The van der Waals surface area contributed by atoms with Crippen LogP contribution < -0.4 is 5.32 Å². The number of aromatic nitrogens is 2. The number of imidazole rings is 1. The lowest BCUT2D eigenvalue weighted by atomic mass is 10.2. The molecule has 0 saturated carbocycles. The highest BCUT2D eigenvalue weighted by molar-refractivity contribution is 5.79. The summed E-state index contributed by atoms with van der Waals surface area (Å²) in [6, 6.07) is 10.2. The monoisotopic (exact) mass is 327 g/mol. The van der Waals surface area contributed by atoms with Crippen molar-refractivity contribution in [1.29, 1.82) is 0 Å². The molecule has 0 amide bonds. The Labute approximate surface area is 143 Å². The summed E-state index contributed by atoms with van der Waals surface area (Å²) in [7, 11) is 3.81. The zero-order valence-electron chi connectivity index (χ0n) is 14.3. The molecular formula is C18H25N5O. The summed E-state index contributed by atoms with van der Waals surface area (Å²) in [6.45, 7) is 2.33. The van der Waals surface area contributed by atoms with E-state index in [0.29, 0.717) is 12.6 Å². The van der Waals surface area contributed by atoms with Crippen molar-refractivity contribution in [2.24, 2.45) is 4.99 Å². The number of rotatable bonds is 5. The number of ether oxygens (including phenoxy) is 1. The lowest BCUT2D eigenvalue weighted by Crippen LogP contribution is -2.41. The molecule has 1 aromatic carbocycles. The van der Waals surface area contributed by atoms with Gasteiger partial charge >= 0.3 is 0 Å². The molecule has 0 bridgehead atoms. The lowest BCUT2D eigenvalue weighted by Gasteiger charge is -2.22. The fraction of sp³-hybridized carbons (Fsp3) is 0.444. The van der Waals surface area contributed by atoms with Crippen LogP contribution in [0.4, 0.5) is 0 Å². The molecule has 0 radical (unpaired) electrons. The van der Waals surface area contributed by atoms with E-state index in [2.05, 4.69) is 37.3 Å². The average molecular weight is 327 g/mol. The second kappa shape index (κ2) is 7.97. The molecule has 1 fully saturated rings. The summed E-state index contributed by atoms with van der Waals surface area (Å²) in [5, 5.41) is 3.38. The number of hydrogen-bond donors (Lipinski definition) is 2. The largest absolute Gasteiger partial charge is 0.376 e. The molecule has 0 aliphatic carbocycles. The van der Waals surface area contributed by atoms with Gasteiger partial charge < -0.3 is 19.9 Å². The molecule has 1 saturated heterocycles. The fourth-order valence-corrected chi connectivity index (χ4v) is 2.90. The Kier molecular flexibility index (Phi) is 5.48. The maximum absolute atomic E-state index is 5.64. The van der Waals surface area contributed by atoms with Gasteiger partial charge in [-0.2, -0.15) is 0 Å². The molecule has 1 aliphatic heterocycles. The van der Waals surface area contributed by atoms with Crippen LogP contribution in [0.1, 0.15) is 18.7 Å². The Morgan fingerprint density at radius 2 is 2.25 bits per heavy atom. The van der Waals surface area contributed by atoms with E-state index in [1.165, 1.54) is 0 Å². The van der Waals surface area contributed by atoms with Crippen LogP contribution in [-0.4, -0.2) is 54.2 Å². The maximum atomic E-state index is 5.64. The van der Waals surface area contributed by atoms with Gasteiger partial charge in [0.15, 0.2) is 5.96 Å². The second-order valence-corrected chi connectivity index (χ2v) is 6.03. The van der Waals surface area contributed by atoms with Crippen LogP contribution in [0.5, 0.6) is 0 Å². The molecule has 1 atom stereocenters. The van der Waals surface area contributed by atoms with E-state index in [1.807, 2.05) is 31.4 Å². The van der Waals surface area contributed by atoms with E-state index in [4.69, 9.17) is 4.74 Å². The first-order chi connectivity index (χ1) is 11.8. The van der Waals surface area contributed by atoms with Gasteiger partial charge in [0.2, 0.25) is 0 Å². The van der Waals surface area contributed by atoms with Gasteiger partial charge in [0.1, 0.15) is 5.82 Å². The zero-order chi connectivity index (χ0) is 16.8. The summed E-state index contributed by atoms with van der Waals surface area (Å²) in [5.41, 5.74) is 2.17. The number of hydrogen-bond acceptors (Lipinski definition) is 3. The normalized spacial score (nSPS) is 17.9. The third-order valence-electron chi connectivity index (χ3n) is 4.19. The topological polar surface area (TPSA) is 65.5 Å². The van der Waals surface area contributed by atoms with Crippen LogP contribution in [0, 0.1) is 0 Å². The molecule has 1 unspecified atom stereocenters. The van der Waals surface area contributed by atoms with Crippen molar-refractivity contribution in [2.75, 3.05) is 27.2 Å². The molecule has 2 N–H and O–H groups in total. The van der Waals surface area contributed by atoms with E-state index in [9.17, 15) is 0 Å². The SMILES string of the molecule is CN=C(NCC1CCCO1)N(C)Cc1ncc(-c2ccccc2)[nH]1. The maximum Gasteiger partial charge on any atom is 0.193 e. The second-order valence-electron chi connectivity index (χ2n) is 6.03. The van der Waals surface area contributed by atoms with Gasteiger partial charge in [-0.05, 0) is 18.4 Å². The predicted octanol–water partition coefficient (Wildman–Crippen LogP) is 2.26. The smallest absolute Gasteiger partial charge is 0.193 e. The Hall–Kier alpha value is -2.34. The van der Waals surface area contributed by atoms with Gasteiger partial charge in [0, 0.05) is 27.2 Å². The van der Waals surface area contributed by atoms with Crippen LogP contribution in [0.3, 0.4) is 0 Å². The van der Waals surface area contributed by atoms with Crippen molar-refractivity contribution in [3.63, 3.8) is 0 Å². The fourth-order valence-electron chi connectivity index (χ4n) is 2.90. The quantitative estimate of drug-likeness (QED) is 0.653. The van der Waals surface area contributed by atoms with E-state index >= 15 is 0 Å². The standard InChI is InChI=1S/C18H25N5O/c1-19-18(21-11-15-9-6-10-24-15)23(2)13-17-20-12-16(22-17)14-7-4-3-5-8-14/h3-5,7-8,12,15H,6,9-11,13H2,1-2H3,(H,19,21)(H,20,22). The minimum Gasteiger partial charge on any atom is -0.376 e. The molecule has 2 aromatic rings. The summed E-state index contributed by atoms with van der Waals surface area (Å²) in [6.07, 6.45) is 4.44. The first kappa shape index (κ1) is 16.5. The summed E-state index contributed by atoms with van der Waals surface area (Å²) < 4.78 is 5.64. The van der Waals surface area contributed by atoms with Crippen molar-refractivity contribution in [3.8, 4) is 11.3 Å². The first-order valence-electron chi connectivity index (χ1n) is 8.39. The van der Waals surface area contributed by atoms with Gasteiger partial charge in [0.25, 0.3) is 0 Å². The van der Waals surface area contributed by atoms with E-state index < -0.39 is 0 Å². The molecule has 6 nitrogen and oxygen atoms in total. The number of benzene rings is 1. The van der Waals surface area contributed by atoms with Crippen molar-refractivity contribution < 1.29 is 4.74 Å². The highest BCUT2D eigenvalue weighted by Crippen LogP contribution is 2.16. The minimum absolute atomic E-state index is 0.295. The number of guanidine groups is 1. The minimum atomic E-state index is 0.295. The van der Waals surface area contributed by atoms with Gasteiger partial charge in [0.05, 0.1) is 24.5 Å². The van der Waals surface area contributed by atoms with Gasteiger partial charge in [-0.25, -0.2) is 4.98 Å². The van der Waals surface area contributed by atoms with Gasteiger partial charge in [-0.15, -0.1) is 0 Å². The number of H-pyrrole nitrogens is 1. The summed E-state index contributed by atoms with van der Waals surface area (Å²) in [5.74, 6) is 1.76. The first-order valence-corrected chi connectivity index (χ1v) is 8.39. The van der Waals surface area contributed by atoms with E-state index in [0.717, 1.165) is 49.0 Å². The summed E-state index contributed by atoms with van der Waals surface area (Å²) in [4.78, 5) is 14.3. The molecule has 24 heavy (non-hydrogen) atoms. The molecule has 6 heteroatoms. The number of nitrogens with one attached hydrogen (secondary N) is 2. The number of nitrogens with zero attached hydrogens (tertiary/aromatic N) is 3. The Morgan fingerprint density at radius 3 is 2.96 bits per heavy atom. The Bertz CT molecular complexity index is 661. The van der Waals surface area contributed by atoms with Crippen molar-refractivity contribution in [2.45, 2.75) is 25.5 Å². The van der Waals surface area contributed by atoms with Crippen LogP contribution in [0.25, 0.3) is 11.3 Å². The summed E-state index contributed by atoms with van der Waals surface area (Å²) >= 11 is 0. The lowest BCUT2D eigenvalue weighted by molar-refractivity contribution is 0.113. The number of aliphatic imine (C=N–C) groups is 1. The van der Waals surface area contributed by atoms with Crippen molar-refractivity contribution >= 4 is 5.96 Å².